The first-order chi connectivity index (χ1) is 15.5. The average Bonchev–Trinajstić information content (AvgIpc) is 2.70. The molecule has 0 aliphatic heterocycles. The molecular weight excluding hydrogens is 487 g/mol. The molecule has 12 heteroatoms. The summed E-state index contributed by atoms with van der Waals surface area (Å²) in [5.41, 5.74) is -2.74. The van der Waals surface area contributed by atoms with E-state index in [0.29, 0.717) is 0 Å². The van der Waals surface area contributed by atoms with Gasteiger partial charge in [-0.25, -0.2) is 4.79 Å². The summed E-state index contributed by atoms with van der Waals surface area (Å²) in [5.74, 6) is -6.10. The van der Waals surface area contributed by atoms with Crippen molar-refractivity contribution in [3.8, 4) is 0 Å². The van der Waals surface area contributed by atoms with Crippen LogP contribution in [0.1, 0.15) is 110 Å². The molecule has 0 aromatic rings. The van der Waals surface area contributed by atoms with Crippen molar-refractivity contribution in [2.75, 3.05) is 0 Å². The maximum absolute atomic E-state index is 10.3. The fraction of sp³-hybridized carbons (Fsp3) is 0.750. The SMILES string of the molecule is CCCCCCCCCCCCCCCC=CC(=O)[O-].O.O.O=C(O)CC(O)(CC(=O)O)C(=O)O.[Na+]. The molecule has 0 heterocycles. The number of unbranched alkanes of at least 4 members (excludes halogenated alkanes) is 13. The molecule has 0 atom stereocenters. The molecule has 0 spiro atoms. The predicted molar refractivity (Wildman–Crippen MR) is 129 cm³/mol. The van der Waals surface area contributed by atoms with Gasteiger partial charge >= 0.3 is 47.5 Å². The van der Waals surface area contributed by atoms with Gasteiger partial charge in [0, 0.05) is 0 Å². The third-order valence-corrected chi connectivity index (χ3v) is 5.01. The Balaban J connectivity index is -0.000000177. The molecule has 36 heavy (non-hydrogen) atoms. The Bertz CT molecular complexity index is 579. The van der Waals surface area contributed by atoms with Crippen LogP contribution in [0.5, 0.6) is 0 Å². The van der Waals surface area contributed by atoms with Crippen molar-refractivity contribution in [2.45, 2.75) is 115 Å². The number of carboxylic acid groups (broad SMARTS) is 4. The number of rotatable bonds is 20. The zero-order valence-corrected chi connectivity index (χ0v) is 23.8. The summed E-state index contributed by atoms with van der Waals surface area (Å²) >= 11 is 0. The predicted octanol–water partition coefficient (Wildman–Crippen LogP) is -1.12. The minimum absolute atomic E-state index is 0. The van der Waals surface area contributed by atoms with Crippen molar-refractivity contribution in [1.82, 2.24) is 0 Å². The number of carbonyl (C=O) groups is 4. The standard InChI is InChI=1S/C18H34O2.C6H8O7.Na.2H2O/c1-2-3-4-5-6-7-8-9-10-11-12-13-14-15-16-17-18(19)20;7-3(8)1-6(13,5(11)12)2-4(9)10;;;/h16-17H,2-15H2,1H3,(H,19,20);13H,1-2H2,(H,7,8)(H,9,10)(H,11,12);;2*1H2/q;;+1;;/p-1. The third-order valence-electron chi connectivity index (χ3n) is 5.01. The minimum atomic E-state index is -2.74. The van der Waals surface area contributed by atoms with E-state index in [4.69, 9.17) is 20.4 Å². The van der Waals surface area contributed by atoms with Gasteiger partial charge in [-0.3, -0.25) is 9.59 Å². The summed E-state index contributed by atoms with van der Waals surface area (Å²) in [6.07, 6.45) is 18.9. The first-order valence-corrected chi connectivity index (χ1v) is 11.8. The van der Waals surface area contributed by atoms with Gasteiger partial charge in [-0.15, -0.1) is 0 Å². The van der Waals surface area contributed by atoms with Gasteiger partial charge in [0.2, 0.25) is 0 Å². The van der Waals surface area contributed by atoms with Crippen LogP contribution < -0.4 is 34.7 Å². The van der Waals surface area contributed by atoms with Crippen molar-refractivity contribution in [1.29, 1.82) is 0 Å². The Hall–Kier alpha value is -1.50. The number of allylic oxidation sites excluding steroid dienone is 1. The first-order valence-electron chi connectivity index (χ1n) is 11.8. The molecule has 0 radical (unpaired) electrons. The van der Waals surface area contributed by atoms with Crippen LogP contribution in [0.3, 0.4) is 0 Å². The van der Waals surface area contributed by atoms with E-state index in [1.165, 1.54) is 77.0 Å². The second kappa shape index (κ2) is 29.7. The Morgan fingerprint density at radius 1 is 0.694 bits per heavy atom. The zero-order valence-electron chi connectivity index (χ0n) is 21.8. The van der Waals surface area contributed by atoms with Crippen molar-refractivity contribution in [3.63, 3.8) is 0 Å². The van der Waals surface area contributed by atoms with Gasteiger partial charge in [-0.2, -0.15) is 0 Å². The fourth-order valence-corrected chi connectivity index (χ4v) is 3.17. The normalized spacial score (nSPS) is 10.2. The van der Waals surface area contributed by atoms with Crippen molar-refractivity contribution in [2.24, 2.45) is 0 Å². The van der Waals surface area contributed by atoms with Crippen molar-refractivity contribution < 1.29 is 85.2 Å². The third kappa shape index (κ3) is 32.5. The number of hydrogen-bond acceptors (Lipinski definition) is 6. The molecule has 0 saturated heterocycles. The van der Waals surface area contributed by atoms with Gasteiger partial charge in [-0.05, 0) is 18.9 Å². The van der Waals surface area contributed by atoms with Crippen LogP contribution in [0.4, 0.5) is 0 Å². The average molecular weight is 533 g/mol. The number of carbonyl (C=O) groups excluding carboxylic acids is 1. The van der Waals surface area contributed by atoms with Crippen LogP contribution in [0.2, 0.25) is 0 Å². The molecule has 0 bridgehead atoms. The summed E-state index contributed by atoms with van der Waals surface area (Å²) in [7, 11) is 0. The fourth-order valence-electron chi connectivity index (χ4n) is 3.17. The van der Waals surface area contributed by atoms with E-state index in [-0.39, 0.29) is 40.5 Å². The molecule has 0 amide bonds. The van der Waals surface area contributed by atoms with Crippen LogP contribution >= 0.6 is 0 Å². The maximum Gasteiger partial charge on any atom is 1.00 e. The molecule has 0 unspecified atom stereocenters. The largest absolute Gasteiger partial charge is 1.00 e. The van der Waals surface area contributed by atoms with Gasteiger partial charge in [0.15, 0.2) is 5.60 Å². The Labute approximate surface area is 235 Å². The van der Waals surface area contributed by atoms with Gasteiger partial charge in [-0.1, -0.05) is 90.0 Å². The quantitative estimate of drug-likeness (QED) is 0.0842. The Morgan fingerprint density at radius 2 is 1.03 bits per heavy atom. The Kier molecular flexibility index (Phi) is 36.7. The monoisotopic (exact) mass is 532 g/mol. The zero-order chi connectivity index (χ0) is 25.5. The van der Waals surface area contributed by atoms with Crippen LogP contribution in [0, 0.1) is 0 Å². The molecule has 0 aliphatic carbocycles. The van der Waals surface area contributed by atoms with E-state index in [1.54, 1.807) is 6.08 Å². The van der Waals surface area contributed by atoms with E-state index in [1.807, 2.05) is 0 Å². The van der Waals surface area contributed by atoms with E-state index in [2.05, 4.69) is 6.92 Å². The molecule has 8 N–H and O–H groups in total. The summed E-state index contributed by atoms with van der Waals surface area (Å²) in [5, 5.41) is 43.9. The van der Waals surface area contributed by atoms with Crippen LogP contribution in [-0.2, 0) is 19.2 Å². The van der Waals surface area contributed by atoms with Gasteiger partial charge in [0.25, 0.3) is 0 Å². The number of aliphatic carboxylic acids is 4. The van der Waals surface area contributed by atoms with E-state index >= 15 is 0 Å². The minimum Gasteiger partial charge on any atom is -0.545 e. The smallest absolute Gasteiger partial charge is 0.545 e. The van der Waals surface area contributed by atoms with Gasteiger partial charge in [0.1, 0.15) is 0 Å². The van der Waals surface area contributed by atoms with Gasteiger partial charge in [0.05, 0.1) is 18.8 Å². The second-order valence-corrected chi connectivity index (χ2v) is 8.23. The molecular formula is C24H45NaO11. The topological polar surface area (TPSA) is 235 Å². The molecule has 0 rings (SSSR count). The second-order valence-electron chi connectivity index (χ2n) is 8.23. The molecule has 0 aromatic carbocycles. The summed E-state index contributed by atoms with van der Waals surface area (Å²) in [6.45, 7) is 2.26. The van der Waals surface area contributed by atoms with Crippen molar-refractivity contribution in [3.05, 3.63) is 12.2 Å². The molecule has 0 fully saturated rings. The summed E-state index contributed by atoms with van der Waals surface area (Å²) in [4.78, 5) is 40.6. The summed E-state index contributed by atoms with van der Waals surface area (Å²) < 4.78 is 0. The number of carboxylic acids is 4. The number of aliphatic hydroxyl groups is 1. The van der Waals surface area contributed by atoms with Crippen molar-refractivity contribution >= 4 is 23.9 Å². The Morgan fingerprint density at radius 3 is 1.31 bits per heavy atom. The molecule has 0 aliphatic rings. The van der Waals surface area contributed by atoms with E-state index in [0.717, 1.165) is 18.9 Å². The molecule has 208 valence electrons. The van der Waals surface area contributed by atoms with Gasteiger partial charge < -0.3 is 41.3 Å². The van der Waals surface area contributed by atoms with E-state index in [9.17, 15) is 24.3 Å². The summed E-state index contributed by atoms with van der Waals surface area (Å²) in [6, 6.07) is 0. The van der Waals surface area contributed by atoms with Crippen LogP contribution in [0.15, 0.2) is 12.2 Å². The van der Waals surface area contributed by atoms with E-state index < -0.39 is 42.3 Å². The molecule has 0 aromatic heterocycles. The molecule has 0 saturated carbocycles. The van der Waals surface area contributed by atoms with Crippen LogP contribution in [0.25, 0.3) is 0 Å². The number of hydrogen-bond donors (Lipinski definition) is 4. The molecule has 11 nitrogen and oxygen atoms in total. The first kappa shape index (κ1) is 44.5. The maximum atomic E-state index is 10.3. The van der Waals surface area contributed by atoms with Crippen LogP contribution in [-0.4, -0.2) is 60.9 Å².